The second-order valence-electron chi connectivity index (χ2n) is 4.07. The molecule has 0 spiro atoms. The second-order valence-corrected chi connectivity index (χ2v) is 4.92. The van der Waals surface area contributed by atoms with Gasteiger partial charge in [0.2, 0.25) is 0 Å². The van der Waals surface area contributed by atoms with E-state index in [4.69, 9.17) is 9.15 Å². The van der Waals surface area contributed by atoms with E-state index in [0.29, 0.717) is 16.6 Å². The topological polar surface area (TPSA) is 90.7 Å². The molecule has 7 nitrogen and oxygen atoms in total. The fourth-order valence-electron chi connectivity index (χ4n) is 1.46. The van der Waals surface area contributed by atoms with Gasteiger partial charge in [0.05, 0.1) is 7.11 Å². The van der Waals surface area contributed by atoms with Gasteiger partial charge in [0, 0.05) is 5.38 Å². The van der Waals surface area contributed by atoms with Crippen LogP contribution in [0.4, 0.5) is 5.13 Å². The van der Waals surface area contributed by atoms with Gasteiger partial charge in [-0.05, 0) is 19.1 Å². The third-order valence-corrected chi connectivity index (χ3v) is 3.18. The predicted octanol–water partition coefficient (Wildman–Crippen LogP) is 1.84. The van der Waals surface area contributed by atoms with Gasteiger partial charge in [-0.25, -0.2) is 9.78 Å². The average Bonchev–Trinajstić information content (AvgIpc) is 3.07. The highest BCUT2D eigenvalue weighted by Gasteiger charge is 2.11. The monoisotopic (exact) mass is 310 g/mol. The van der Waals surface area contributed by atoms with Crippen LogP contribution in [-0.4, -0.2) is 37.2 Å². The summed E-state index contributed by atoms with van der Waals surface area (Å²) in [6, 6.07) is 3.66. The number of amides is 1. The summed E-state index contributed by atoms with van der Waals surface area (Å²) in [4.78, 5) is 26.6. The Morgan fingerprint density at radius 3 is 2.86 bits per heavy atom. The normalized spacial score (nSPS) is 10.4. The Morgan fingerprint density at radius 2 is 2.19 bits per heavy atom. The van der Waals surface area contributed by atoms with Gasteiger partial charge in [-0.15, -0.1) is 11.3 Å². The zero-order chi connectivity index (χ0) is 15.2. The van der Waals surface area contributed by atoms with Crippen molar-refractivity contribution < 1.29 is 23.5 Å². The summed E-state index contributed by atoms with van der Waals surface area (Å²) >= 11 is 1.28. The summed E-state index contributed by atoms with van der Waals surface area (Å²) in [5.41, 5.74) is 0.652. The minimum absolute atomic E-state index is 0.246. The first-order valence-corrected chi connectivity index (χ1v) is 6.93. The van der Waals surface area contributed by atoms with Crippen LogP contribution in [0.15, 0.2) is 21.9 Å². The highest BCUT2D eigenvalue weighted by atomic mass is 32.1. The standard InChI is InChI=1S/C13H14N2O5S/c1-8-3-4-10(20-8)9-7-21-13(14-9)15-11(16)5-19-6-12(17)18-2/h3-4,7H,5-6H2,1-2H3,(H,14,15,16). The van der Waals surface area contributed by atoms with Gasteiger partial charge in [0.15, 0.2) is 10.9 Å². The van der Waals surface area contributed by atoms with E-state index < -0.39 is 11.9 Å². The molecule has 0 aromatic carbocycles. The molecule has 21 heavy (non-hydrogen) atoms. The molecule has 0 atom stereocenters. The van der Waals surface area contributed by atoms with E-state index in [0.717, 1.165) is 5.76 Å². The lowest BCUT2D eigenvalue weighted by atomic mass is 10.4. The van der Waals surface area contributed by atoms with Crippen molar-refractivity contribution in [3.63, 3.8) is 0 Å². The molecule has 2 aromatic heterocycles. The number of furan rings is 1. The fraction of sp³-hybridized carbons (Fsp3) is 0.308. The first-order chi connectivity index (χ1) is 10.1. The number of rotatable bonds is 6. The molecular formula is C13H14N2O5S. The number of aryl methyl sites for hydroxylation is 1. The number of esters is 1. The van der Waals surface area contributed by atoms with Crippen LogP contribution < -0.4 is 5.32 Å². The maximum Gasteiger partial charge on any atom is 0.331 e. The van der Waals surface area contributed by atoms with Crippen molar-refractivity contribution >= 4 is 28.3 Å². The Kier molecular flexibility index (Phi) is 5.07. The summed E-state index contributed by atoms with van der Waals surface area (Å²) in [6.45, 7) is 1.33. The van der Waals surface area contributed by atoms with Crippen LogP contribution in [0.1, 0.15) is 5.76 Å². The van der Waals surface area contributed by atoms with E-state index >= 15 is 0 Å². The number of hydrogen-bond acceptors (Lipinski definition) is 7. The van der Waals surface area contributed by atoms with Crippen LogP contribution >= 0.6 is 11.3 Å². The predicted molar refractivity (Wildman–Crippen MR) is 76.0 cm³/mol. The summed E-state index contributed by atoms with van der Waals surface area (Å²) in [6.07, 6.45) is 0. The zero-order valence-corrected chi connectivity index (χ0v) is 12.4. The Labute approximate surface area is 124 Å². The van der Waals surface area contributed by atoms with E-state index in [1.54, 1.807) is 5.38 Å². The quantitative estimate of drug-likeness (QED) is 0.819. The number of nitrogens with one attached hydrogen (secondary N) is 1. The third kappa shape index (κ3) is 4.40. The number of aromatic nitrogens is 1. The molecule has 112 valence electrons. The van der Waals surface area contributed by atoms with Gasteiger partial charge in [-0.2, -0.15) is 0 Å². The maximum atomic E-state index is 11.6. The van der Waals surface area contributed by atoms with Crippen LogP contribution in [0.2, 0.25) is 0 Å². The minimum atomic E-state index is -0.535. The highest BCUT2D eigenvalue weighted by Crippen LogP contribution is 2.26. The first-order valence-electron chi connectivity index (χ1n) is 6.05. The summed E-state index contributed by atoms with van der Waals surface area (Å²) in [7, 11) is 1.25. The first kappa shape index (κ1) is 15.2. The number of methoxy groups -OCH3 is 1. The molecule has 0 fully saturated rings. The van der Waals surface area contributed by atoms with E-state index in [1.165, 1.54) is 18.4 Å². The molecule has 2 heterocycles. The lowest BCUT2D eigenvalue weighted by Crippen LogP contribution is -2.21. The number of carbonyl (C=O) groups excluding carboxylic acids is 2. The Bertz CT molecular complexity index is 634. The molecule has 8 heteroatoms. The average molecular weight is 310 g/mol. The molecule has 1 amide bonds. The van der Waals surface area contributed by atoms with Crippen LogP contribution in [0, 0.1) is 6.92 Å². The van der Waals surface area contributed by atoms with Crippen LogP contribution in [0.3, 0.4) is 0 Å². The van der Waals surface area contributed by atoms with Gasteiger partial charge < -0.3 is 13.9 Å². The van der Waals surface area contributed by atoms with Gasteiger partial charge in [0.25, 0.3) is 5.91 Å². The molecule has 0 unspecified atom stereocenters. The molecule has 2 aromatic rings. The Balaban J connectivity index is 1.85. The molecule has 1 N–H and O–H groups in total. The van der Waals surface area contributed by atoms with Gasteiger partial charge in [-0.1, -0.05) is 0 Å². The van der Waals surface area contributed by atoms with Gasteiger partial charge >= 0.3 is 5.97 Å². The summed E-state index contributed by atoms with van der Waals surface area (Å²) < 4.78 is 14.7. The van der Waals surface area contributed by atoms with Crippen molar-refractivity contribution in [2.45, 2.75) is 6.92 Å². The van der Waals surface area contributed by atoms with Crippen molar-refractivity contribution in [3.8, 4) is 11.5 Å². The van der Waals surface area contributed by atoms with Crippen LogP contribution in [0.5, 0.6) is 0 Å². The second kappa shape index (κ2) is 7.00. The molecule has 0 aliphatic carbocycles. The van der Waals surface area contributed by atoms with Crippen molar-refractivity contribution in [1.82, 2.24) is 4.98 Å². The van der Waals surface area contributed by atoms with Gasteiger partial charge in [-0.3, -0.25) is 10.1 Å². The SMILES string of the molecule is COC(=O)COCC(=O)Nc1nc(-c2ccc(C)o2)cs1. The maximum absolute atomic E-state index is 11.6. The number of ether oxygens (including phenoxy) is 2. The third-order valence-electron chi connectivity index (χ3n) is 2.42. The van der Waals surface area contributed by atoms with Gasteiger partial charge in [0.1, 0.15) is 24.7 Å². The van der Waals surface area contributed by atoms with Crippen molar-refractivity contribution in [1.29, 1.82) is 0 Å². The fourth-order valence-corrected chi connectivity index (χ4v) is 2.17. The Morgan fingerprint density at radius 1 is 1.38 bits per heavy atom. The number of thiazole rings is 1. The smallest absolute Gasteiger partial charge is 0.331 e. The minimum Gasteiger partial charge on any atom is -0.467 e. The number of carbonyl (C=O) groups is 2. The summed E-state index contributed by atoms with van der Waals surface area (Å²) in [5.74, 6) is 0.508. The molecular weight excluding hydrogens is 296 g/mol. The number of hydrogen-bond donors (Lipinski definition) is 1. The molecule has 0 aliphatic rings. The summed E-state index contributed by atoms with van der Waals surface area (Å²) in [5, 5.41) is 4.80. The number of anilines is 1. The molecule has 2 rings (SSSR count). The van der Waals surface area contributed by atoms with E-state index in [9.17, 15) is 9.59 Å². The van der Waals surface area contributed by atoms with E-state index in [2.05, 4.69) is 15.0 Å². The molecule has 0 radical (unpaired) electrons. The Hall–Kier alpha value is -2.19. The van der Waals surface area contributed by atoms with E-state index in [-0.39, 0.29) is 13.2 Å². The lowest BCUT2D eigenvalue weighted by Gasteiger charge is -2.02. The number of nitrogens with zero attached hydrogens (tertiary/aromatic N) is 1. The zero-order valence-electron chi connectivity index (χ0n) is 11.5. The van der Waals surface area contributed by atoms with Crippen LogP contribution in [0.25, 0.3) is 11.5 Å². The van der Waals surface area contributed by atoms with Crippen molar-refractivity contribution in [2.75, 3.05) is 25.6 Å². The molecule has 0 saturated heterocycles. The lowest BCUT2D eigenvalue weighted by molar-refractivity contribution is -0.146. The van der Waals surface area contributed by atoms with E-state index in [1.807, 2.05) is 19.1 Å². The van der Waals surface area contributed by atoms with Crippen LogP contribution in [-0.2, 0) is 19.1 Å². The highest BCUT2D eigenvalue weighted by molar-refractivity contribution is 7.14. The largest absolute Gasteiger partial charge is 0.467 e. The molecule has 0 aliphatic heterocycles. The van der Waals surface area contributed by atoms with Crippen molar-refractivity contribution in [2.24, 2.45) is 0 Å². The van der Waals surface area contributed by atoms with Crippen molar-refractivity contribution in [3.05, 3.63) is 23.3 Å². The molecule has 0 saturated carbocycles. The molecule has 0 bridgehead atoms.